The molecule has 0 atom stereocenters. The number of carbonyl (C=O) groups is 1. The molecule has 1 fully saturated rings. The van der Waals surface area contributed by atoms with E-state index < -0.39 is 0 Å². The smallest absolute Gasteiger partial charge is 0.409 e. The Labute approximate surface area is 99.8 Å². The molecule has 4 heteroatoms. The molecule has 0 saturated carbocycles. The molecule has 16 heavy (non-hydrogen) atoms. The van der Waals surface area contributed by atoms with Crippen LogP contribution in [-0.4, -0.2) is 37.4 Å². The second kappa shape index (κ2) is 4.78. The summed E-state index contributed by atoms with van der Waals surface area (Å²) in [5, 5.41) is 0. The molecule has 3 nitrogen and oxygen atoms in total. The summed E-state index contributed by atoms with van der Waals surface area (Å²) in [7, 11) is 1.42. The maximum atomic E-state index is 11.2. The van der Waals surface area contributed by atoms with Gasteiger partial charge in [-0.3, -0.25) is 0 Å². The van der Waals surface area contributed by atoms with E-state index in [0.29, 0.717) is 5.92 Å². The van der Waals surface area contributed by atoms with Gasteiger partial charge in [-0.25, -0.2) is 4.79 Å². The van der Waals surface area contributed by atoms with Crippen LogP contribution in [0.15, 0.2) is 29.2 Å². The highest BCUT2D eigenvalue weighted by atomic mass is 32.2. The molecule has 0 aromatic heterocycles. The zero-order valence-electron chi connectivity index (χ0n) is 9.47. The van der Waals surface area contributed by atoms with E-state index >= 15 is 0 Å². The van der Waals surface area contributed by atoms with Crippen LogP contribution in [0.3, 0.4) is 0 Å². The molecular formula is C12H15NO2S. The number of rotatable bonds is 2. The van der Waals surface area contributed by atoms with Gasteiger partial charge >= 0.3 is 6.09 Å². The van der Waals surface area contributed by atoms with Crippen LogP contribution in [0.2, 0.25) is 0 Å². The first-order valence-corrected chi connectivity index (χ1v) is 6.44. The minimum atomic E-state index is -0.225. The summed E-state index contributed by atoms with van der Waals surface area (Å²) < 4.78 is 4.66. The third kappa shape index (κ3) is 2.16. The average Bonchev–Trinajstić information content (AvgIpc) is 2.27. The van der Waals surface area contributed by atoms with Gasteiger partial charge in [0.1, 0.15) is 0 Å². The summed E-state index contributed by atoms with van der Waals surface area (Å²) in [4.78, 5) is 14.2. The highest BCUT2D eigenvalue weighted by Gasteiger charge is 2.32. The molecule has 2 rings (SSSR count). The van der Waals surface area contributed by atoms with Crippen molar-refractivity contribution in [2.24, 2.45) is 0 Å². The quantitative estimate of drug-likeness (QED) is 0.740. The largest absolute Gasteiger partial charge is 0.453 e. The van der Waals surface area contributed by atoms with Crippen molar-refractivity contribution in [1.29, 1.82) is 0 Å². The van der Waals surface area contributed by atoms with E-state index in [1.807, 2.05) is 0 Å². The number of hydrogen-bond donors (Lipinski definition) is 0. The molecule has 1 aromatic rings. The van der Waals surface area contributed by atoms with Gasteiger partial charge in [-0.1, -0.05) is 12.1 Å². The molecule has 0 aliphatic carbocycles. The van der Waals surface area contributed by atoms with Crippen molar-refractivity contribution in [3.8, 4) is 0 Å². The zero-order valence-corrected chi connectivity index (χ0v) is 10.3. The van der Waals surface area contributed by atoms with Gasteiger partial charge < -0.3 is 9.64 Å². The zero-order chi connectivity index (χ0) is 11.5. The molecule has 86 valence electrons. The van der Waals surface area contributed by atoms with Gasteiger partial charge in [-0.05, 0) is 24.0 Å². The predicted octanol–water partition coefficient (Wildman–Crippen LogP) is 2.57. The molecule has 1 aliphatic rings. The highest BCUT2D eigenvalue weighted by Crippen LogP contribution is 2.28. The normalized spacial score (nSPS) is 15.8. The van der Waals surface area contributed by atoms with Crippen molar-refractivity contribution >= 4 is 17.9 Å². The van der Waals surface area contributed by atoms with Gasteiger partial charge in [0, 0.05) is 23.9 Å². The lowest BCUT2D eigenvalue weighted by molar-refractivity contribution is 0.0881. The summed E-state index contributed by atoms with van der Waals surface area (Å²) in [5.74, 6) is 0.468. The van der Waals surface area contributed by atoms with E-state index in [-0.39, 0.29) is 6.09 Å². The first-order valence-electron chi connectivity index (χ1n) is 5.21. The second-order valence-electron chi connectivity index (χ2n) is 3.85. The Hall–Kier alpha value is -1.16. The topological polar surface area (TPSA) is 29.5 Å². The van der Waals surface area contributed by atoms with Crippen LogP contribution in [-0.2, 0) is 4.74 Å². The summed E-state index contributed by atoms with van der Waals surface area (Å²) >= 11 is 1.74. The monoisotopic (exact) mass is 237 g/mol. The second-order valence-corrected chi connectivity index (χ2v) is 4.72. The Morgan fingerprint density at radius 2 is 2.00 bits per heavy atom. The van der Waals surface area contributed by atoms with Gasteiger partial charge in [0.15, 0.2) is 0 Å². The summed E-state index contributed by atoms with van der Waals surface area (Å²) in [6, 6.07) is 8.54. The summed E-state index contributed by atoms with van der Waals surface area (Å²) in [6.45, 7) is 1.54. The van der Waals surface area contributed by atoms with Gasteiger partial charge in [-0.2, -0.15) is 0 Å². The minimum absolute atomic E-state index is 0.225. The lowest BCUT2D eigenvalue weighted by Crippen LogP contribution is -2.48. The van der Waals surface area contributed by atoms with E-state index in [9.17, 15) is 4.79 Å². The molecule has 0 radical (unpaired) electrons. The van der Waals surface area contributed by atoms with E-state index in [1.54, 1.807) is 16.7 Å². The van der Waals surface area contributed by atoms with E-state index in [0.717, 1.165) is 13.1 Å². The fourth-order valence-corrected chi connectivity index (χ4v) is 2.25. The van der Waals surface area contributed by atoms with E-state index in [4.69, 9.17) is 0 Å². The molecule has 0 N–H and O–H groups in total. The molecule has 0 bridgehead atoms. The lowest BCUT2D eigenvalue weighted by atomic mass is 9.92. The fourth-order valence-electron chi connectivity index (χ4n) is 1.84. The predicted molar refractivity (Wildman–Crippen MR) is 64.9 cm³/mol. The van der Waals surface area contributed by atoms with Gasteiger partial charge in [0.05, 0.1) is 7.11 Å². The third-order valence-corrected chi connectivity index (χ3v) is 3.65. The molecule has 1 aliphatic heterocycles. The van der Waals surface area contributed by atoms with Gasteiger partial charge in [-0.15, -0.1) is 11.8 Å². The van der Waals surface area contributed by atoms with Gasteiger partial charge in [0.2, 0.25) is 0 Å². The number of thioether (sulfide) groups is 1. The highest BCUT2D eigenvalue weighted by molar-refractivity contribution is 7.98. The molecule has 1 aromatic carbocycles. The summed E-state index contributed by atoms with van der Waals surface area (Å²) in [6.07, 6.45) is 1.84. The Bertz CT molecular complexity index is 371. The summed E-state index contributed by atoms with van der Waals surface area (Å²) in [5.41, 5.74) is 1.30. The fraction of sp³-hybridized carbons (Fsp3) is 0.417. The number of carbonyl (C=O) groups excluding carboxylic acids is 1. The number of likely N-dealkylation sites (tertiary alicyclic amines) is 1. The van der Waals surface area contributed by atoms with E-state index in [2.05, 4.69) is 35.3 Å². The Morgan fingerprint density at radius 1 is 1.38 bits per heavy atom. The van der Waals surface area contributed by atoms with Crippen LogP contribution in [0.25, 0.3) is 0 Å². The Balaban J connectivity index is 1.93. The van der Waals surface area contributed by atoms with Crippen molar-refractivity contribution < 1.29 is 9.53 Å². The maximum Gasteiger partial charge on any atom is 0.409 e. The molecule has 0 unspecified atom stereocenters. The van der Waals surface area contributed by atoms with Crippen LogP contribution in [0.1, 0.15) is 11.5 Å². The van der Waals surface area contributed by atoms with Crippen molar-refractivity contribution in [2.75, 3.05) is 26.5 Å². The van der Waals surface area contributed by atoms with Crippen molar-refractivity contribution in [1.82, 2.24) is 4.90 Å². The maximum absolute atomic E-state index is 11.2. The average molecular weight is 237 g/mol. The van der Waals surface area contributed by atoms with Crippen LogP contribution >= 0.6 is 11.8 Å². The van der Waals surface area contributed by atoms with Crippen molar-refractivity contribution in [2.45, 2.75) is 10.8 Å². The van der Waals surface area contributed by atoms with Crippen LogP contribution in [0.4, 0.5) is 4.79 Å². The first kappa shape index (κ1) is 11.3. The number of nitrogens with zero attached hydrogens (tertiary/aromatic N) is 1. The number of hydrogen-bond acceptors (Lipinski definition) is 3. The van der Waals surface area contributed by atoms with Crippen molar-refractivity contribution in [3.05, 3.63) is 29.8 Å². The first-order chi connectivity index (χ1) is 7.74. The number of ether oxygens (including phenoxy) is 1. The van der Waals surface area contributed by atoms with Crippen LogP contribution in [0.5, 0.6) is 0 Å². The Morgan fingerprint density at radius 3 is 2.50 bits per heavy atom. The van der Waals surface area contributed by atoms with Gasteiger partial charge in [0.25, 0.3) is 0 Å². The molecule has 1 amide bonds. The molecule has 0 spiro atoms. The third-order valence-electron chi connectivity index (χ3n) is 2.90. The standard InChI is InChI=1S/C12H15NO2S/c1-15-12(14)13-7-10(8-13)9-3-5-11(16-2)6-4-9/h3-6,10H,7-8H2,1-2H3. The van der Waals surface area contributed by atoms with E-state index in [1.165, 1.54) is 17.6 Å². The van der Waals surface area contributed by atoms with Crippen molar-refractivity contribution in [3.63, 3.8) is 0 Å². The molecule has 1 saturated heterocycles. The number of benzene rings is 1. The minimum Gasteiger partial charge on any atom is -0.453 e. The Kier molecular flexibility index (Phi) is 3.39. The molecule has 1 heterocycles. The SMILES string of the molecule is COC(=O)N1CC(c2ccc(SC)cc2)C1. The van der Waals surface area contributed by atoms with Crippen LogP contribution in [0, 0.1) is 0 Å². The molecular weight excluding hydrogens is 222 g/mol. The lowest BCUT2D eigenvalue weighted by Gasteiger charge is -2.38. The number of methoxy groups -OCH3 is 1. The number of amides is 1. The van der Waals surface area contributed by atoms with Crippen LogP contribution < -0.4 is 0 Å².